The first-order valence-electron chi connectivity index (χ1n) is 4.65. The van der Waals surface area contributed by atoms with Crippen LogP contribution in [0.3, 0.4) is 0 Å². The van der Waals surface area contributed by atoms with Gasteiger partial charge in [-0.1, -0.05) is 19.9 Å². The summed E-state index contributed by atoms with van der Waals surface area (Å²) in [7, 11) is -1.37. The summed E-state index contributed by atoms with van der Waals surface area (Å²) in [6.07, 6.45) is 3.29. The number of rotatable bonds is 5. The second kappa shape index (κ2) is 4.82. The minimum absolute atomic E-state index is 0.370. The van der Waals surface area contributed by atoms with Gasteiger partial charge in [0.25, 0.3) is 0 Å². The monoisotopic (exact) mass is 186 g/mol. The van der Waals surface area contributed by atoms with E-state index in [0.717, 1.165) is 6.42 Å². The molecule has 0 aliphatic heterocycles. The smallest absolute Gasteiger partial charge is 0.184 e. The molecule has 1 unspecified atom stereocenters. The third kappa shape index (κ3) is 5.55. The molecule has 0 saturated heterocycles. The van der Waals surface area contributed by atoms with Crippen molar-refractivity contribution in [2.75, 3.05) is 0 Å². The Balaban J connectivity index is 4.04. The molecule has 0 fully saturated rings. The van der Waals surface area contributed by atoms with Gasteiger partial charge in [0.05, 0.1) is 6.10 Å². The van der Waals surface area contributed by atoms with E-state index in [9.17, 15) is 0 Å². The van der Waals surface area contributed by atoms with Crippen molar-refractivity contribution in [3.8, 4) is 0 Å². The van der Waals surface area contributed by atoms with Crippen molar-refractivity contribution < 1.29 is 4.43 Å². The van der Waals surface area contributed by atoms with Gasteiger partial charge in [-0.05, 0) is 32.0 Å². The molecule has 0 rings (SSSR count). The van der Waals surface area contributed by atoms with Crippen LogP contribution in [-0.2, 0) is 4.43 Å². The van der Waals surface area contributed by atoms with Crippen LogP contribution in [0.4, 0.5) is 0 Å². The van der Waals surface area contributed by atoms with Crippen molar-refractivity contribution in [2.45, 2.75) is 46.0 Å². The summed E-state index contributed by atoms with van der Waals surface area (Å²) in [5, 5.41) is 0. The number of hydrogen-bond donors (Lipinski definition) is 0. The molecule has 0 radical (unpaired) electrons. The molecule has 12 heavy (non-hydrogen) atoms. The van der Waals surface area contributed by atoms with Gasteiger partial charge in [0, 0.05) is 0 Å². The Bertz CT molecular complexity index is 135. The van der Waals surface area contributed by atoms with Gasteiger partial charge >= 0.3 is 0 Å². The maximum Gasteiger partial charge on any atom is 0.184 e. The third-order valence-electron chi connectivity index (χ3n) is 1.65. The van der Waals surface area contributed by atoms with Crippen LogP contribution < -0.4 is 0 Å². The lowest BCUT2D eigenvalue weighted by Crippen LogP contribution is -2.34. The highest BCUT2D eigenvalue weighted by Crippen LogP contribution is 2.17. The minimum Gasteiger partial charge on any atom is -0.414 e. The fourth-order valence-corrected chi connectivity index (χ4v) is 2.35. The zero-order chi connectivity index (χ0) is 9.78. The third-order valence-corrected chi connectivity index (χ3v) is 2.66. The second-order valence-corrected chi connectivity index (χ2v) is 9.00. The van der Waals surface area contributed by atoms with Crippen molar-refractivity contribution in [3.63, 3.8) is 0 Å². The molecule has 0 spiro atoms. The summed E-state index contributed by atoms with van der Waals surface area (Å²) in [6.45, 7) is 14.8. The van der Waals surface area contributed by atoms with Crippen molar-refractivity contribution in [3.05, 3.63) is 12.7 Å². The molecule has 1 atom stereocenters. The normalized spacial score (nSPS) is 14.8. The Morgan fingerprint density at radius 1 is 1.33 bits per heavy atom. The second-order valence-electron chi connectivity index (χ2n) is 4.54. The minimum atomic E-state index is -1.37. The van der Waals surface area contributed by atoms with Crippen molar-refractivity contribution in [2.24, 2.45) is 5.92 Å². The van der Waals surface area contributed by atoms with Gasteiger partial charge in [-0.3, -0.25) is 0 Å². The Morgan fingerprint density at radius 2 is 1.83 bits per heavy atom. The predicted octanol–water partition coefficient (Wildman–Crippen LogP) is 3.44. The highest BCUT2D eigenvalue weighted by Gasteiger charge is 2.22. The molecule has 0 N–H and O–H groups in total. The summed E-state index contributed by atoms with van der Waals surface area (Å²) < 4.78 is 6.01. The first-order valence-corrected chi connectivity index (χ1v) is 8.06. The highest BCUT2D eigenvalue weighted by molar-refractivity contribution is 6.69. The maximum absolute atomic E-state index is 6.01. The predicted molar refractivity (Wildman–Crippen MR) is 57.9 cm³/mol. The van der Waals surface area contributed by atoms with Crippen LogP contribution in [0.5, 0.6) is 0 Å². The molecular formula is C10H22OSi. The fourth-order valence-electron chi connectivity index (χ4n) is 1.07. The molecule has 0 saturated carbocycles. The molecule has 0 amide bonds. The van der Waals surface area contributed by atoms with Crippen LogP contribution in [-0.4, -0.2) is 14.4 Å². The van der Waals surface area contributed by atoms with Crippen molar-refractivity contribution in [1.29, 1.82) is 0 Å². The van der Waals surface area contributed by atoms with Crippen LogP contribution in [0.1, 0.15) is 20.3 Å². The van der Waals surface area contributed by atoms with Gasteiger partial charge < -0.3 is 4.43 Å². The largest absolute Gasteiger partial charge is 0.414 e. The summed E-state index contributed by atoms with van der Waals surface area (Å²) in [4.78, 5) is 0. The van der Waals surface area contributed by atoms with Crippen LogP contribution in [0, 0.1) is 5.92 Å². The van der Waals surface area contributed by atoms with E-state index >= 15 is 0 Å². The Kier molecular flexibility index (Phi) is 4.79. The maximum atomic E-state index is 6.01. The molecule has 0 heterocycles. The van der Waals surface area contributed by atoms with E-state index in [-0.39, 0.29) is 0 Å². The molecule has 0 aromatic rings. The molecule has 0 bridgehead atoms. The van der Waals surface area contributed by atoms with Crippen molar-refractivity contribution in [1.82, 2.24) is 0 Å². The summed E-state index contributed by atoms with van der Waals surface area (Å²) >= 11 is 0. The van der Waals surface area contributed by atoms with Crippen LogP contribution >= 0.6 is 0 Å². The van der Waals surface area contributed by atoms with Crippen molar-refractivity contribution >= 4 is 8.32 Å². The van der Waals surface area contributed by atoms with E-state index in [0.29, 0.717) is 12.0 Å². The zero-order valence-electron chi connectivity index (χ0n) is 9.05. The average molecular weight is 186 g/mol. The molecule has 0 aromatic heterocycles. The molecule has 0 aliphatic rings. The quantitative estimate of drug-likeness (QED) is 0.472. The average Bonchev–Trinajstić information content (AvgIpc) is 1.83. The lowest BCUT2D eigenvalue weighted by atomic mass is 10.1. The highest BCUT2D eigenvalue weighted by atomic mass is 28.4. The lowest BCUT2D eigenvalue weighted by Gasteiger charge is -2.28. The molecule has 2 heteroatoms. The van der Waals surface area contributed by atoms with Gasteiger partial charge in [-0.15, -0.1) is 6.58 Å². The summed E-state index contributed by atoms with van der Waals surface area (Å²) in [6, 6.07) is 0. The van der Waals surface area contributed by atoms with Crippen LogP contribution in [0.25, 0.3) is 0 Å². The van der Waals surface area contributed by atoms with E-state index in [1.165, 1.54) is 0 Å². The topological polar surface area (TPSA) is 9.23 Å². The van der Waals surface area contributed by atoms with E-state index in [1.54, 1.807) is 0 Å². The van der Waals surface area contributed by atoms with Gasteiger partial charge in [-0.2, -0.15) is 0 Å². The molecular weight excluding hydrogens is 164 g/mol. The van der Waals surface area contributed by atoms with E-state index in [2.05, 4.69) is 40.1 Å². The lowest BCUT2D eigenvalue weighted by molar-refractivity contribution is 0.147. The van der Waals surface area contributed by atoms with Crippen LogP contribution in [0.2, 0.25) is 19.6 Å². The summed E-state index contributed by atoms with van der Waals surface area (Å²) in [5.74, 6) is 0.592. The molecule has 1 nitrogen and oxygen atoms in total. The zero-order valence-corrected chi connectivity index (χ0v) is 10.1. The van der Waals surface area contributed by atoms with E-state index in [4.69, 9.17) is 4.43 Å². The Hall–Kier alpha value is -0.0831. The molecule has 72 valence electrons. The SMILES string of the molecule is C=CCC(O[Si](C)(C)C)C(C)C. The van der Waals surface area contributed by atoms with E-state index < -0.39 is 8.32 Å². The summed E-state index contributed by atoms with van der Waals surface area (Å²) in [5.41, 5.74) is 0. The van der Waals surface area contributed by atoms with Gasteiger partial charge in [0.2, 0.25) is 0 Å². The first-order chi connectivity index (χ1) is 5.37. The Morgan fingerprint density at radius 3 is 2.08 bits per heavy atom. The van der Waals surface area contributed by atoms with Gasteiger partial charge in [0.1, 0.15) is 0 Å². The van der Waals surface area contributed by atoms with Crippen LogP contribution in [0.15, 0.2) is 12.7 Å². The van der Waals surface area contributed by atoms with E-state index in [1.807, 2.05) is 6.08 Å². The van der Waals surface area contributed by atoms with Gasteiger partial charge in [0.15, 0.2) is 8.32 Å². The fraction of sp³-hybridized carbons (Fsp3) is 0.800. The van der Waals surface area contributed by atoms with Gasteiger partial charge in [-0.25, -0.2) is 0 Å². The Labute approximate surface area is 78.0 Å². The molecule has 0 aromatic carbocycles. The molecule has 0 aliphatic carbocycles. The standard InChI is InChI=1S/C10H22OSi/c1-7-8-10(9(2)3)11-12(4,5)6/h7,9-10H,1,8H2,2-6H3. The first kappa shape index (κ1) is 11.9. The number of hydrogen-bond acceptors (Lipinski definition) is 1.